The molecule has 0 unspecified atom stereocenters. The van der Waals surface area contributed by atoms with Crippen molar-refractivity contribution < 1.29 is 5.11 Å². The summed E-state index contributed by atoms with van der Waals surface area (Å²) in [5, 5.41) is 11.6. The molecule has 0 aliphatic heterocycles. The van der Waals surface area contributed by atoms with Gasteiger partial charge in [-0.1, -0.05) is 23.8 Å². The van der Waals surface area contributed by atoms with Gasteiger partial charge in [0.25, 0.3) is 0 Å². The molecule has 70 valence electrons. The summed E-state index contributed by atoms with van der Waals surface area (Å²) in [4.78, 5) is 3.84. The van der Waals surface area contributed by atoms with E-state index in [-0.39, 0.29) is 5.75 Å². The molecule has 2 nitrogen and oxygen atoms in total. The van der Waals surface area contributed by atoms with Crippen molar-refractivity contribution in [3.8, 4) is 5.75 Å². The first-order valence-corrected chi connectivity index (χ1v) is 4.41. The predicted molar refractivity (Wildman–Crippen MR) is 59.6 cm³/mol. The molecular weight excluding hydrogens is 174 g/mol. The molecule has 2 rings (SSSR count). The van der Waals surface area contributed by atoms with Crippen LogP contribution in [0.15, 0.2) is 35.3 Å². The van der Waals surface area contributed by atoms with E-state index >= 15 is 0 Å². The van der Waals surface area contributed by atoms with Gasteiger partial charge in [0, 0.05) is 5.39 Å². The molecule has 0 atom stereocenters. The number of hydrogen-bond donors (Lipinski definition) is 1. The van der Waals surface area contributed by atoms with Crippen LogP contribution in [-0.4, -0.2) is 11.8 Å². The molecule has 0 spiro atoms. The molecule has 0 saturated heterocycles. The van der Waals surface area contributed by atoms with E-state index in [1.807, 2.05) is 31.2 Å². The van der Waals surface area contributed by atoms with Crippen LogP contribution in [-0.2, 0) is 0 Å². The number of benzene rings is 2. The van der Waals surface area contributed by atoms with E-state index in [4.69, 9.17) is 0 Å². The maximum atomic E-state index is 9.57. The van der Waals surface area contributed by atoms with Gasteiger partial charge in [0.15, 0.2) is 0 Å². The van der Waals surface area contributed by atoms with Crippen LogP contribution in [0.2, 0.25) is 0 Å². The Morgan fingerprint density at radius 3 is 2.64 bits per heavy atom. The standard InChI is InChI=1S/C12H11NO/c1-8-3-4-9-5-6-11(14)12(13-2)10(9)7-8/h3-7,14H,2H2,1H3. The minimum Gasteiger partial charge on any atom is -0.506 e. The summed E-state index contributed by atoms with van der Waals surface area (Å²) in [5.41, 5.74) is 1.71. The summed E-state index contributed by atoms with van der Waals surface area (Å²) in [7, 11) is 0. The fourth-order valence-electron chi connectivity index (χ4n) is 1.57. The van der Waals surface area contributed by atoms with Crippen LogP contribution in [0.5, 0.6) is 5.75 Å². The number of phenolic OH excluding ortho intramolecular Hbond substituents is 1. The summed E-state index contributed by atoms with van der Waals surface area (Å²) in [6, 6.07) is 9.56. The third kappa shape index (κ3) is 1.25. The van der Waals surface area contributed by atoms with Crippen LogP contribution >= 0.6 is 0 Å². The van der Waals surface area contributed by atoms with Gasteiger partial charge in [-0.3, -0.25) is 4.99 Å². The maximum absolute atomic E-state index is 9.57. The highest BCUT2D eigenvalue weighted by atomic mass is 16.3. The highest BCUT2D eigenvalue weighted by molar-refractivity contribution is 5.96. The second kappa shape index (κ2) is 3.14. The molecule has 14 heavy (non-hydrogen) atoms. The van der Waals surface area contributed by atoms with Crippen LogP contribution in [0.3, 0.4) is 0 Å². The first-order valence-electron chi connectivity index (χ1n) is 4.41. The smallest absolute Gasteiger partial charge is 0.141 e. The molecule has 2 heteroatoms. The number of aryl methyl sites for hydroxylation is 1. The first-order chi connectivity index (χ1) is 6.72. The summed E-state index contributed by atoms with van der Waals surface area (Å²) >= 11 is 0. The lowest BCUT2D eigenvalue weighted by Crippen LogP contribution is -1.77. The summed E-state index contributed by atoms with van der Waals surface area (Å²) in [6.07, 6.45) is 0. The largest absolute Gasteiger partial charge is 0.506 e. The number of phenols is 1. The maximum Gasteiger partial charge on any atom is 0.141 e. The third-order valence-corrected chi connectivity index (χ3v) is 2.29. The summed E-state index contributed by atoms with van der Waals surface area (Å²) in [5.74, 6) is 0.179. The van der Waals surface area contributed by atoms with Crippen LogP contribution in [0.25, 0.3) is 10.8 Å². The molecule has 0 amide bonds. The zero-order chi connectivity index (χ0) is 10.1. The Morgan fingerprint density at radius 1 is 1.21 bits per heavy atom. The molecule has 1 N–H and O–H groups in total. The molecule has 0 saturated carbocycles. The summed E-state index contributed by atoms with van der Waals surface area (Å²) < 4.78 is 0. The molecule has 2 aromatic carbocycles. The second-order valence-corrected chi connectivity index (χ2v) is 3.32. The minimum absolute atomic E-state index is 0.179. The zero-order valence-electron chi connectivity index (χ0n) is 7.99. The highest BCUT2D eigenvalue weighted by Gasteiger charge is 2.04. The molecule has 0 aliphatic carbocycles. The third-order valence-electron chi connectivity index (χ3n) is 2.29. The van der Waals surface area contributed by atoms with E-state index < -0.39 is 0 Å². The van der Waals surface area contributed by atoms with Gasteiger partial charge in [-0.25, -0.2) is 0 Å². The van der Waals surface area contributed by atoms with E-state index in [0.29, 0.717) is 5.69 Å². The molecule has 0 fully saturated rings. The fraction of sp³-hybridized carbons (Fsp3) is 0.0833. The number of aromatic hydroxyl groups is 1. The normalized spacial score (nSPS) is 10.4. The topological polar surface area (TPSA) is 32.6 Å². The fourth-order valence-corrected chi connectivity index (χ4v) is 1.57. The van der Waals surface area contributed by atoms with Crippen LogP contribution in [0, 0.1) is 6.92 Å². The van der Waals surface area contributed by atoms with Crippen molar-refractivity contribution in [2.45, 2.75) is 6.92 Å². The van der Waals surface area contributed by atoms with Crippen LogP contribution in [0.4, 0.5) is 5.69 Å². The van der Waals surface area contributed by atoms with Crippen molar-refractivity contribution >= 4 is 23.2 Å². The van der Waals surface area contributed by atoms with Gasteiger partial charge in [-0.2, -0.15) is 0 Å². The monoisotopic (exact) mass is 185 g/mol. The van der Waals surface area contributed by atoms with Gasteiger partial charge >= 0.3 is 0 Å². The number of nitrogens with zero attached hydrogens (tertiary/aromatic N) is 1. The molecule has 0 heterocycles. The Labute approximate surface area is 82.5 Å². The number of fused-ring (bicyclic) bond motifs is 1. The van der Waals surface area contributed by atoms with Gasteiger partial charge in [0.05, 0.1) is 0 Å². The van der Waals surface area contributed by atoms with E-state index in [0.717, 1.165) is 16.3 Å². The Hall–Kier alpha value is -1.83. The number of hydrogen-bond acceptors (Lipinski definition) is 2. The molecule has 0 bridgehead atoms. The van der Waals surface area contributed by atoms with Gasteiger partial charge in [0.1, 0.15) is 11.4 Å². The molecular formula is C12H11NO. The average molecular weight is 185 g/mol. The molecule has 0 aromatic heterocycles. The molecule has 2 aromatic rings. The lowest BCUT2D eigenvalue weighted by atomic mass is 10.1. The Bertz CT molecular complexity index is 498. The highest BCUT2D eigenvalue weighted by Crippen LogP contribution is 2.34. The van der Waals surface area contributed by atoms with Crippen molar-refractivity contribution in [2.24, 2.45) is 4.99 Å². The van der Waals surface area contributed by atoms with Crippen molar-refractivity contribution in [1.29, 1.82) is 0 Å². The van der Waals surface area contributed by atoms with Crippen molar-refractivity contribution in [3.63, 3.8) is 0 Å². The lowest BCUT2D eigenvalue weighted by Gasteiger charge is -2.04. The second-order valence-electron chi connectivity index (χ2n) is 3.32. The predicted octanol–water partition coefficient (Wildman–Crippen LogP) is 3.19. The Kier molecular flexibility index (Phi) is 1.97. The van der Waals surface area contributed by atoms with Gasteiger partial charge in [-0.15, -0.1) is 0 Å². The SMILES string of the molecule is C=Nc1c(O)ccc2ccc(C)cc12. The van der Waals surface area contributed by atoms with Crippen molar-refractivity contribution in [2.75, 3.05) is 0 Å². The quantitative estimate of drug-likeness (QED) is 0.680. The van der Waals surface area contributed by atoms with Crippen LogP contribution in [0.1, 0.15) is 5.56 Å². The van der Waals surface area contributed by atoms with Gasteiger partial charge < -0.3 is 5.11 Å². The van der Waals surface area contributed by atoms with Crippen molar-refractivity contribution in [1.82, 2.24) is 0 Å². The zero-order valence-corrected chi connectivity index (χ0v) is 7.99. The average Bonchev–Trinajstić information content (AvgIpc) is 2.17. The number of aliphatic imine (C=N–C) groups is 1. The van der Waals surface area contributed by atoms with Crippen LogP contribution < -0.4 is 0 Å². The van der Waals surface area contributed by atoms with E-state index in [1.165, 1.54) is 0 Å². The molecule has 0 aliphatic rings. The van der Waals surface area contributed by atoms with E-state index in [1.54, 1.807) is 6.07 Å². The Balaban J connectivity index is 2.91. The Morgan fingerprint density at radius 2 is 1.93 bits per heavy atom. The van der Waals surface area contributed by atoms with E-state index in [9.17, 15) is 5.11 Å². The summed E-state index contributed by atoms with van der Waals surface area (Å²) in [6.45, 7) is 5.47. The van der Waals surface area contributed by atoms with Gasteiger partial charge in [-0.05, 0) is 31.2 Å². The number of rotatable bonds is 1. The molecule has 0 radical (unpaired) electrons. The van der Waals surface area contributed by atoms with E-state index in [2.05, 4.69) is 11.7 Å². The van der Waals surface area contributed by atoms with Crippen molar-refractivity contribution in [3.05, 3.63) is 35.9 Å². The van der Waals surface area contributed by atoms with Gasteiger partial charge in [0.2, 0.25) is 0 Å². The first kappa shape index (κ1) is 8.75. The minimum atomic E-state index is 0.179. The lowest BCUT2D eigenvalue weighted by molar-refractivity contribution is 0.478.